The molecule has 0 aromatic rings. The number of thioether (sulfide) groups is 1. The molecule has 0 spiro atoms. The van der Waals surface area contributed by atoms with Crippen LogP contribution in [0, 0.1) is 5.92 Å². The van der Waals surface area contributed by atoms with Gasteiger partial charge in [0.05, 0.1) is 0 Å². The summed E-state index contributed by atoms with van der Waals surface area (Å²) in [7, 11) is 0. The second kappa shape index (κ2) is 7.53. The molecule has 2 fully saturated rings. The predicted octanol–water partition coefficient (Wildman–Crippen LogP) is 2.51. The van der Waals surface area contributed by atoms with E-state index in [-0.39, 0.29) is 5.92 Å². The van der Waals surface area contributed by atoms with Gasteiger partial charge < -0.3 is 10.2 Å². The van der Waals surface area contributed by atoms with E-state index in [2.05, 4.69) is 24.1 Å². The van der Waals surface area contributed by atoms with E-state index in [0.29, 0.717) is 17.2 Å². The zero-order valence-corrected chi connectivity index (χ0v) is 13.2. The molecule has 1 unspecified atom stereocenters. The highest BCUT2D eigenvalue weighted by atomic mass is 32.2. The molecule has 0 aromatic carbocycles. The first kappa shape index (κ1) is 15.2. The van der Waals surface area contributed by atoms with E-state index in [0.717, 1.165) is 38.2 Å². The second-order valence-corrected chi connectivity index (χ2v) is 7.51. The quantitative estimate of drug-likeness (QED) is 0.864. The van der Waals surface area contributed by atoms with Crippen molar-refractivity contribution in [2.45, 2.75) is 57.2 Å². The smallest absolute Gasteiger partial charge is 0.225 e. The minimum absolute atomic E-state index is 0.265. The van der Waals surface area contributed by atoms with Gasteiger partial charge in [-0.1, -0.05) is 13.3 Å². The number of nitrogens with one attached hydrogen (secondary N) is 1. The highest BCUT2D eigenvalue weighted by Gasteiger charge is 2.30. The standard InChI is InChI=1S/C15H28N2OS/c1-3-19-14-6-4-5-9-17(11-14)15(18)13-7-8-16-12(2)10-13/h12-14,16H,3-11H2,1-2H3/t12-,13-,14?/m0/s1. The van der Waals surface area contributed by atoms with Gasteiger partial charge in [-0.2, -0.15) is 11.8 Å². The summed E-state index contributed by atoms with van der Waals surface area (Å²) in [6.45, 7) is 7.37. The van der Waals surface area contributed by atoms with Crippen molar-refractivity contribution in [1.29, 1.82) is 0 Å². The summed E-state index contributed by atoms with van der Waals surface area (Å²) in [6.07, 6.45) is 5.79. The average Bonchev–Trinajstić information content (AvgIpc) is 2.64. The van der Waals surface area contributed by atoms with Crippen molar-refractivity contribution in [3.05, 3.63) is 0 Å². The molecule has 19 heavy (non-hydrogen) atoms. The van der Waals surface area contributed by atoms with Crippen LogP contribution in [-0.2, 0) is 4.79 Å². The van der Waals surface area contributed by atoms with Crippen LogP contribution in [0.25, 0.3) is 0 Å². The third kappa shape index (κ3) is 4.38. The van der Waals surface area contributed by atoms with E-state index in [9.17, 15) is 4.79 Å². The average molecular weight is 284 g/mol. The molecule has 2 aliphatic heterocycles. The lowest BCUT2D eigenvalue weighted by atomic mass is 9.92. The number of nitrogens with zero attached hydrogens (tertiary/aromatic N) is 1. The Morgan fingerprint density at radius 3 is 2.95 bits per heavy atom. The first-order valence-corrected chi connectivity index (χ1v) is 8.89. The van der Waals surface area contributed by atoms with Crippen LogP contribution in [0.5, 0.6) is 0 Å². The fraction of sp³-hybridized carbons (Fsp3) is 0.933. The summed E-state index contributed by atoms with van der Waals surface area (Å²) in [5, 5.41) is 4.10. The topological polar surface area (TPSA) is 32.3 Å². The maximum absolute atomic E-state index is 12.7. The summed E-state index contributed by atoms with van der Waals surface area (Å²) >= 11 is 2.03. The summed E-state index contributed by atoms with van der Waals surface area (Å²) in [5.41, 5.74) is 0. The van der Waals surface area contributed by atoms with Crippen LogP contribution < -0.4 is 5.32 Å². The number of amides is 1. The molecule has 110 valence electrons. The third-order valence-electron chi connectivity index (χ3n) is 4.32. The molecule has 0 saturated carbocycles. The minimum Gasteiger partial charge on any atom is -0.341 e. The van der Waals surface area contributed by atoms with Crippen LogP contribution in [-0.4, -0.2) is 47.5 Å². The molecule has 0 bridgehead atoms. The maximum atomic E-state index is 12.7. The summed E-state index contributed by atoms with van der Waals surface area (Å²) < 4.78 is 0. The summed E-state index contributed by atoms with van der Waals surface area (Å²) in [6, 6.07) is 0.496. The molecule has 1 N–H and O–H groups in total. The van der Waals surface area contributed by atoms with Gasteiger partial charge in [-0.3, -0.25) is 4.79 Å². The molecule has 0 aliphatic carbocycles. The van der Waals surface area contributed by atoms with Crippen LogP contribution in [0.2, 0.25) is 0 Å². The zero-order chi connectivity index (χ0) is 13.7. The van der Waals surface area contributed by atoms with Crippen molar-refractivity contribution in [2.75, 3.05) is 25.4 Å². The SMILES string of the molecule is CCSC1CCCCN(C(=O)[C@H]2CCN[C@@H](C)C2)C1. The van der Waals surface area contributed by atoms with E-state index < -0.39 is 0 Å². The van der Waals surface area contributed by atoms with Crippen molar-refractivity contribution in [3.63, 3.8) is 0 Å². The minimum atomic E-state index is 0.265. The molecule has 0 radical (unpaired) electrons. The molecule has 4 heteroatoms. The molecule has 1 amide bonds. The van der Waals surface area contributed by atoms with Gasteiger partial charge in [0.2, 0.25) is 5.91 Å². The van der Waals surface area contributed by atoms with Crippen molar-refractivity contribution in [3.8, 4) is 0 Å². The zero-order valence-electron chi connectivity index (χ0n) is 12.4. The highest BCUT2D eigenvalue weighted by molar-refractivity contribution is 7.99. The van der Waals surface area contributed by atoms with E-state index in [1.165, 1.54) is 19.3 Å². The summed E-state index contributed by atoms with van der Waals surface area (Å²) in [5.74, 6) is 1.86. The van der Waals surface area contributed by atoms with Gasteiger partial charge in [-0.05, 0) is 44.9 Å². The van der Waals surface area contributed by atoms with Crippen molar-refractivity contribution >= 4 is 17.7 Å². The lowest BCUT2D eigenvalue weighted by molar-refractivity contribution is -0.136. The molecule has 2 rings (SSSR count). The van der Waals surface area contributed by atoms with Gasteiger partial charge in [0, 0.05) is 30.3 Å². The molecular weight excluding hydrogens is 256 g/mol. The Balaban J connectivity index is 1.92. The van der Waals surface area contributed by atoms with Crippen molar-refractivity contribution in [1.82, 2.24) is 10.2 Å². The van der Waals surface area contributed by atoms with Gasteiger partial charge in [-0.15, -0.1) is 0 Å². The Morgan fingerprint density at radius 2 is 2.21 bits per heavy atom. The maximum Gasteiger partial charge on any atom is 0.225 e. The molecule has 0 aromatic heterocycles. The third-order valence-corrected chi connectivity index (χ3v) is 5.50. The highest BCUT2D eigenvalue weighted by Crippen LogP contribution is 2.25. The molecule has 2 heterocycles. The van der Waals surface area contributed by atoms with Gasteiger partial charge in [0.1, 0.15) is 0 Å². The Kier molecular flexibility index (Phi) is 6.02. The number of carbonyl (C=O) groups is 1. The predicted molar refractivity (Wildman–Crippen MR) is 82.5 cm³/mol. The van der Waals surface area contributed by atoms with Crippen molar-refractivity contribution in [2.24, 2.45) is 5.92 Å². The Hall–Kier alpha value is -0.220. The molecule has 3 atom stereocenters. The Labute approximate surface area is 121 Å². The van der Waals surface area contributed by atoms with E-state index in [1.807, 2.05) is 11.8 Å². The van der Waals surface area contributed by atoms with Gasteiger partial charge >= 0.3 is 0 Å². The fourth-order valence-electron chi connectivity index (χ4n) is 3.29. The Bertz CT molecular complexity index is 298. The number of carbonyl (C=O) groups excluding carboxylic acids is 1. The van der Waals surface area contributed by atoms with Crippen molar-refractivity contribution < 1.29 is 4.79 Å². The van der Waals surface area contributed by atoms with Crippen LogP contribution in [0.4, 0.5) is 0 Å². The summed E-state index contributed by atoms with van der Waals surface area (Å²) in [4.78, 5) is 14.9. The lowest BCUT2D eigenvalue weighted by Gasteiger charge is -2.32. The number of likely N-dealkylation sites (tertiary alicyclic amines) is 1. The van der Waals surface area contributed by atoms with Crippen LogP contribution >= 0.6 is 11.8 Å². The molecule has 2 aliphatic rings. The Morgan fingerprint density at radius 1 is 1.37 bits per heavy atom. The van der Waals surface area contributed by atoms with Crippen LogP contribution in [0.3, 0.4) is 0 Å². The van der Waals surface area contributed by atoms with Gasteiger partial charge in [-0.25, -0.2) is 0 Å². The normalized spacial score (nSPS) is 32.9. The number of rotatable bonds is 3. The first-order chi connectivity index (χ1) is 9.20. The lowest BCUT2D eigenvalue weighted by Crippen LogP contribution is -2.45. The first-order valence-electron chi connectivity index (χ1n) is 7.84. The van der Waals surface area contributed by atoms with E-state index >= 15 is 0 Å². The van der Waals surface area contributed by atoms with E-state index in [1.54, 1.807) is 0 Å². The largest absolute Gasteiger partial charge is 0.341 e. The molecule has 2 saturated heterocycles. The molecule has 3 nitrogen and oxygen atoms in total. The van der Waals surface area contributed by atoms with Crippen LogP contribution in [0.1, 0.15) is 46.0 Å². The second-order valence-electron chi connectivity index (χ2n) is 5.93. The van der Waals surface area contributed by atoms with Gasteiger partial charge in [0.15, 0.2) is 0 Å². The number of hydrogen-bond donors (Lipinski definition) is 1. The van der Waals surface area contributed by atoms with Crippen LogP contribution in [0.15, 0.2) is 0 Å². The monoisotopic (exact) mass is 284 g/mol. The fourth-order valence-corrected chi connectivity index (χ4v) is 4.38. The molecular formula is C15H28N2OS. The number of hydrogen-bond acceptors (Lipinski definition) is 3. The van der Waals surface area contributed by atoms with E-state index in [4.69, 9.17) is 0 Å². The number of piperidine rings is 1. The van der Waals surface area contributed by atoms with Gasteiger partial charge in [0.25, 0.3) is 0 Å².